The summed E-state index contributed by atoms with van der Waals surface area (Å²) < 4.78 is 11.0. The molecule has 0 radical (unpaired) electrons. The lowest BCUT2D eigenvalue weighted by Gasteiger charge is -2.24. The van der Waals surface area contributed by atoms with Crippen molar-refractivity contribution in [3.05, 3.63) is 29.8 Å². The van der Waals surface area contributed by atoms with E-state index in [1.54, 1.807) is 19.1 Å². The number of ether oxygens (including phenoxy) is 2. The van der Waals surface area contributed by atoms with E-state index in [0.29, 0.717) is 6.54 Å². The molecule has 21 heavy (non-hydrogen) atoms. The quantitative estimate of drug-likeness (QED) is 0.861. The van der Waals surface area contributed by atoms with Crippen molar-refractivity contribution >= 4 is 5.91 Å². The first-order valence-corrected chi connectivity index (χ1v) is 7.39. The monoisotopic (exact) mass is 292 g/mol. The molecule has 1 fully saturated rings. The van der Waals surface area contributed by atoms with Gasteiger partial charge < -0.3 is 19.7 Å². The highest BCUT2D eigenvalue weighted by Gasteiger charge is 2.17. The Hall–Kier alpha value is -1.59. The van der Waals surface area contributed by atoms with Crippen LogP contribution in [0.2, 0.25) is 0 Å². The topological polar surface area (TPSA) is 50.8 Å². The van der Waals surface area contributed by atoms with Crippen LogP contribution in [0.25, 0.3) is 0 Å². The van der Waals surface area contributed by atoms with Gasteiger partial charge in [-0.1, -0.05) is 18.2 Å². The van der Waals surface area contributed by atoms with Gasteiger partial charge in [0.1, 0.15) is 12.4 Å². The third-order valence-electron chi connectivity index (χ3n) is 3.75. The molecule has 0 aromatic heterocycles. The van der Waals surface area contributed by atoms with E-state index >= 15 is 0 Å². The Morgan fingerprint density at radius 1 is 1.33 bits per heavy atom. The molecule has 1 N–H and O–H groups in total. The molecule has 0 spiro atoms. The number of nitrogens with one attached hydrogen (secondary N) is 1. The lowest BCUT2D eigenvalue weighted by Crippen LogP contribution is -2.36. The van der Waals surface area contributed by atoms with Crippen LogP contribution in [0.1, 0.15) is 18.4 Å². The predicted octanol–water partition coefficient (Wildman–Crippen LogP) is 1.42. The van der Waals surface area contributed by atoms with Gasteiger partial charge in [0.2, 0.25) is 5.91 Å². The van der Waals surface area contributed by atoms with E-state index in [4.69, 9.17) is 9.47 Å². The van der Waals surface area contributed by atoms with Crippen molar-refractivity contribution in [1.82, 2.24) is 10.2 Å². The predicted molar refractivity (Wildman–Crippen MR) is 81.3 cm³/mol. The zero-order chi connectivity index (χ0) is 15.1. The van der Waals surface area contributed by atoms with E-state index < -0.39 is 0 Å². The minimum absolute atomic E-state index is 0.000520. The lowest BCUT2D eigenvalue weighted by molar-refractivity contribution is -0.137. The Balaban J connectivity index is 1.81. The summed E-state index contributed by atoms with van der Waals surface area (Å²) in [7, 11) is 3.43. The smallest absolute Gasteiger partial charge is 0.248 e. The number of methoxy groups -OCH3 is 1. The van der Waals surface area contributed by atoms with Crippen molar-refractivity contribution in [3.63, 3.8) is 0 Å². The highest BCUT2D eigenvalue weighted by Crippen LogP contribution is 2.18. The van der Waals surface area contributed by atoms with Crippen molar-refractivity contribution in [3.8, 4) is 5.75 Å². The number of carbonyl (C=O) groups excluding carboxylic acids is 1. The van der Waals surface area contributed by atoms with Crippen LogP contribution in [-0.2, 0) is 16.1 Å². The van der Waals surface area contributed by atoms with E-state index in [1.807, 2.05) is 24.3 Å². The van der Waals surface area contributed by atoms with Gasteiger partial charge in [-0.25, -0.2) is 0 Å². The van der Waals surface area contributed by atoms with Crippen LogP contribution in [0, 0.1) is 0 Å². The molecule has 1 aromatic carbocycles. The van der Waals surface area contributed by atoms with E-state index in [2.05, 4.69) is 5.32 Å². The maximum Gasteiger partial charge on any atom is 0.248 e. The molecule has 5 nitrogen and oxygen atoms in total. The fraction of sp³-hybridized carbons (Fsp3) is 0.562. The van der Waals surface area contributed by atoms with E-state index in [0.717, 1.165) is 37.2 Å². The summed E-state index contributed by atoms with van der Waals surface area (Å²) >= 11 is 0. The molecule has 2 rings (SSSR count). The summed E-state index contributed by atoms with van der Waals surface area (Å²) in [6.07, 6.45) is 2.15. The normalized spacial score (nSPS) is 15.7. The van der Waals surface area contributed by atoms with Gasteiger partial charge in [-0.05, 0) is 32.0 Å². The first-order valence-electron chi connectivity index (χ1n) is 7.39. The highest BCUT2D eigenvalue weighted by atomic mass is 16.5. The van der Waals surface area contributed by atoms with E-state index in [9.17, 15) is 4.79 Å². The van der Waals surface area contributed by atoms with Gasteiger partial charge in [0.05, 0.1) is 13.2 Å². The molecule has 0 saturated carbocycles. The summed E-state index contributed by atoms with van der Waals surface area (Å²) in [6, 6.07) is 7.74. The average Bonchev–Trinajstić information content (AvgIpc) is 2.54. The third kappa shape index (κ3) is 4.72. The molecule has 1 amide bonds. The average molecular weight is 292 g/mol. The van der Waals surface area contributed by atoms with Crippen molar-refractivity contribution in [2.24, 2.45) is 0 Å². The van der Waals surface area contributed by atoms with Crippen molar-refractivity contribution in [2.45, 2.75) is 25.5 Å². The van der Waals surface area contributed by atoms with Crippen molar-refractivity contribution < 1.29 is 14.3 Å². The molecule has 5 heteroatoms. The van der Waals surface area contributed by atoms with E-state index in [1.165, 1.54) is 0 Å². The Morgan fingerprint density at radius 2 is 2.05 bits per heavy atom. The van der Waals surface area contributed by atoms with Gasteiger partial charge in [0.15, 0.2) is 0 Å². The van der Waals surface area contributed by atoms with Crippen LogP contribution in [0.5, 0.6) is 5.75 Å². The maximum atomic E-state index is 12.1. The fourth-order valence-electron chi connectivity index (χ4n) is 2.44. The number of benzene rings is 1. The molecule has 1 aliphatic rings. The first kappa shape index (κ1) is 15.8. The number of likely N-dealkylation sites (N-methyl/N-ethyl adjacent to an activating group) is 1. The van der Waals surface area contributed by atoms with Crippen LogP contribution in [-0.4, -0.2) is 50.8 Å². The molecular weight excluding hydrogens is 268 g/mol. The van der Waals surface area contributed by atoms with E-state index in [-0.39, 0.29) is 18.6 Å². The van der Waals surface area contributed by atoms with Crippen LogP contribution in [0.4, 0.5) is 0 Å². The number of nitrogens with zero attached hydrogens (tertiary/aromatic N) is 1. The van der Waals surface area contributed by atoms with Gasteiger partial charge >= 0.3 is 0 Å². The lowest BCUT2D eigenvalue weighted by atomic mass is 10.1. The number of rotatable bonds is 6. The summed E-state index contributed by atoms with van der Waals surface area (Å²) in [5.74, 6) is 0.802. The second-order valence-corrected chi connectivity index (χ2v) is 5.32. The summed E-state index contributed by atoms with van der Waals surface area (Å²) in [5, 5.41) is 3.28. The Bertz CT molecular complexity index is 459. The van der Waals surface area contributed by atoms with Crippen molar-refractivity contribution in [1.29, 1.82) is 0 Å². The first-order chi connectivity index (χ1) is 10.2. The Kier molecular flexibility index (Phi) is 6.02. The second-order valence-electron chi connectivity index (χ2n) is 5.32. The minimum Gasteiger partial charge on any atom is -0.496 e. The SMILES string of the molecule is COc1ccccc1CN(C)C(=O)COC1CCNCC1. The molecule has 1 aromatic rings. The molecule has 1 saturated heterocycles. The summed E-state index contributed by atoms with van der Waals surface area (Å²) in [6.45, 7) is 2.61. The van der Waals surface area contributed by atoms with Crippen LogP contribution in [0.15, 0.2) is 24.3 Å². The minimum atomic E-state index is -0.000520. The van der Waals surface area contributed by atoms with Crippen LogP contribution in [0.3, 0.4) is 0 Å². The highest BCUT2D eigenvalue weighted by molar-refractivity contribution is 5.77. The number of carbonyl (C=O) groups is 1. The number of amides is 1. The van der Waals surface area contributed by atoms with Crippen LogP contribution < -0.4 is 10.1 Å². The number of para-hydroxylation sites is 1. The molecule has 0 atom stereocenters. The summed E-state index contributed by atoms with van der Waals surface area (Å²) in [5.41, 5.74) is 0.998. The van der Waals surface area contributed by atoms with Gasteiger partial charge in [0.25, 0.3) is 0 Å². The largest absolute Gasteiger partial charge is 0.496 e. The zero-order valence-corrected chi connectivity index (χ0v) is 12.8. The second kappa shape index (κ2) is 8.00. The van der Waals surface area contributed by atoms with Gasteiger partial charge in [-0.2, -0.15) is 0 Å². The molecular formula is C16H24N2O3. The van der Waals surface area contributed by atoms with Gasteiger partial charge in [0, 0.05) is 19.2 Å². The molecule has 0 aliphatic carbocycles. The molecule has 116 valence electrons. The molecule has 0 unspecified atom stereocenters. The Morgan fingerprint density at radius 3 is 2.76 bits per heavy atom. The number of hydrogen-bond donors (Lipinski definition) is 1. The summed E-state index contributed by atoms with van der Waals surface area (Å²) in [4.78, 5) is 13.8. The van der Waals surface area contributed by atoms with Gasteiger partial charge in [-0.3, -0.25) is 4.79 Å². The molecule has 1 heterocycles. The number of piperidine rings is 1. The standard InChI is InChI=1S/C16H24N2O3/c1-18(11-13-5-3-4-6-15(13)20-2)16(19)12-21-14-7-9-17-10-8-14/h3-6,14,17H,7-12H2,1-2H3. The third-order valence-corrected chi connectivity index (χ3v) is 3.75. The Labute approximate surface area is 126 Å². The molecule has 0 bridgehead atoms. The maximum absolute atomic E-state index is 12.1. The fourth-order valence-corrected chi connectivity index (χ4v) is 2.44. The van der Waals surface area contributed by atoms with Crippen molar-refractivity contribution in [2.75, 3.05) is 33.9 Å². The molecule has 1 aliphatic heterocycles. The number of hydrogen-bond acceptors (Lipinski definition) is 4. The zero-order valence-electron chi connectivity index (χ0n) is 12.8. The van der Waals surface area contributed by atoms with Crippen LogP contribution >= 0.6 is 0 Å². The van der Waals surface area contributed by atoms with Gasteiger partial charge in [-0.15, -0.1) is 0 Å².